The van der Waals surface area contributed by atoms with Crippen molar-refractivity contribution in [2.45, 2.75) is 322 Å². The minimum Gasteiger partial charge on any atom is -0.247 e. The van der Waals surface area contributed by atoms with Crippen molar-refractivity contribution in [3.05, 3.63) is 18.2 Å². The van der Waals surface area contributed by atoms with Crippen LogP contribution >= 0.6 is 0 Å². The molecule has 1 heterocycles. The van der Waals surface area contributed by atoms with Gasteiger partial charge in [0, 0.05) is 0 Å². The fourth-order valence-corrected chi connectivity index (χ4v) is 9.26. The second kappa shape index (κ2) is 42.8. The van der Waals surface area contributed by atoms with E-state index in [4.69, 9.17) is 0 Å². The van der Waals surface area contributed by atoms with Crippen LogP contribution in [0.4, 0.5) is 0 Å². The molecule has 55 heavy (non-hydrogen) atoms. The summed E-state index contributed by atoms with van der Waals surface area (Å²) in [6.45, 7) is 9.45. The molecule has 2 atom stereocenters. The van der Waals surface area contributed by atoms with Crippen LogP contribution in [0.3, 0.4) is 0 Å². The highest BCUT2D eigenvalue weighted by Crippen LogP contribution is 2.28. The van der Waals surface area contributed by atoms with Crippen LogP contribution in [0.25, 0.3) is 0 Å². The molecule has 1 rings (SSSR count). The van der Waals surface area contributed by atoms with Crippen LogP contribution < -0.4 is 4.57 Å². The van der Waals surface area contributed by atoms with Gasteiger partial charge in [-0.25, -0.2) is 9.55 Å². The van der Waals surface area contributed by atoms with Crippen LogP contribution in [0.5, 0.6) is 0 Å². The van der Waals surface area contributed by atoms with E-state index in [2.05, 4.69) is 49.6 Å². The molecule has 0 radical (unpaired) electrons. The van der Waals surface area contributed by atoms with Gasteiger partial charge in [0.15, 0.2) is 0 Å². The van der Waals surface area contributed by atoms with Crippen LogP contribution in [-0.4, -0.2) is 4.98 Å². The molecule has 0 aromatic carbocycles. The van der Waals surface area contributed by atoms with Crippen molar-refractivity contribution >= 4 is 0 Å². The number of unbranched alkanes of at least 4 members (excludes halogenated alkanes) is 38. The Morgan fingerprint density at radius 1 is 0.345 bits per heavy atom. The molecule has 0 amide bonds. The van der Waals surface area contributed by atoms with Gasteiger partial charge in [0.1, 0.15) is 12.4 Å². The van der Waals surface area contributed by atoms with Crippen LogP contribution in [0.15, 0.2) is 12.4 Å². The predicted molar refractivity (Wildman–Crippen MR) is 249 cm³/mol. The molecule has 0 fully saturated rings. The van der Waals surface area contributed by atoms with E-state index in [1.807, 2.05) is 0 Å². The maximum absolute atomic E-state index is 3.80. The van der Waals surface area contributed by atoms with Gasteiger partial charge in [-0.15, -0.1) is 0 Å². The van der Waals surface area contributed by atoms with Gasteiger partial charge in [-0.1, -0.05) is 278 Å². The molecule has 1 aromatic heterocycles. The monoisotopic (exact) mass is 770 g/mol. The van der Waals surface area contributed by atoms with Gasteiger partial charge >= 0.3 is 0 Å². The van der Waals surface area contributed by atoms with E-state index in [0.717, 1.165) is 0 Å². The van der Waals surface area contributed by atoms with Crippen molar-refractivity contribution in [1.29, 1.82) is 0 Å². The fourth-order valence-electron chi connectivity index (χ4n) is 9.26. The number of nitrogens with one attached hydrogen (secondary N) is 1. The molecule has 0 bridgehead atoms. The molecule has 0 saturated carbocycles. The van der Waals surface area contributed by atoms with Crippen LogP contribution in [-0.2, 0) is 0 Å². The van der Waals surface area contributed by atoms with Gasteiger partial charge in [0.25, 0.3) is 5.82 Å². The van der Waals surface area contributed by atoms with Crippen molar-refractivity contribution in [3.63, 3.8) is 0 Å². The number of rotatable bonds is 46. The molecule has 1 N–H and O–H groups in total. The Balaban J connectivity index is 2.35. The van der Waals surface area contributed by atoms with Crippen molar-refractivity contribution in [1.82, 2.24) is 4.98 Å². The summed E-state index contributed by atoms with van der Waals surface area (Å²) in [6, 6.07) is 0.615. The molecule has 0 aliphatic carbocycles. The fraction of sp³-hybridized carbons (Fsp3) is 0.943. The second-order valence-corrected chi connectivity index (χ2v) is 18.6. The molecule has 2 unspecified atom stereocenters. The van der Waals surface area contributed by atoms with Crippen molar-refractivity contribution in [3.8, 4) is 0 Å². The quantitative estimate of drug-likeness (QED) is 0.0503. The lowest BCUT2D eigenvalue weighted by Crippen LogP contribution is -2.41. The van der Waals surface area contributed by atoms with Gasteiger partial charge < -0.3 is 0 Å². The molecule has 326 valence electrons. The smallest absolute Gasteiger partial charge is 0.247 e. The third kappa shape index (κ3) is 33.8. The number of imidazole rings is 1. The topological polar surface area (TPSA) is 19.7 Å². The molecule has 0 aliphatic rings. The second-order valence-electron chi connectivity index (χ2n) is 18.6. The largest absolute Gasteiger partial charge is 0.257 e. The van der Waals surface area contributed by atoms with Gasteiger partial charge in [0.2, 0.25) is 0 Å². The summed E-state index contributed by atoms with van der Waals surface area (Å²) < 4.78 is 2.66. The zero-order valence-corrected chi connectivity index (χ0v) is 38.9. The molecule has 2 heteroatoms. The Kier molecular flexibility index (Phi) is 40.6. The Bertz CT molecular complexity index is 843. The minimum absolute atomic E-state index is 0.615. The maximum atomic E-state index is 3.80. The van der Waals surface area contributed by atoms with Crippen molar-refractivity contribution < 1.29 is 4.57 Å². The molecular formula is C53H105N2+. The van der Waals surface area contributed by atoms with E-state index < -0.39 is 0 Å². The van der Waals surface area contributed by atoms with Crippen molar-refractivity contribution in [2.75, 3.05) is 0 Å². The Hall–Kier alpha value is -0.790. The first-order valence-electron chi connectivity index (χ1n) is 26.3. The van der Waals surface area contributed by atoms with E-state index in [1.54, 1.807) is 5.82 Å². The van der Waals surface area contributed by atoms with E-state index in [-0.39, 0.29) is 0 Å². The third-order valence-electron chi connectivity index (χ3n) is 13.1. The zero-order valence-electron chi connectivity index (χ0n) is 38.9. The highest BCUT2D eigenvalue weighted by molar-refractivity contribution is 4.90. The van der Waals surface area contributed by atoms with Gasteiger partial charge in [-0.05, 0) is 32.6 Å². The molecule has 2 nitrogen and oxygen atoms in total. The first kappa shape index (κ1) is 52.2. The average Bonchev–Trinajstić information content (AvgIpc) is 3.69. The van der Waals surface area contributed by atoms with Crippen LogP contribution in [0.1, 0.15) is 328 Å². The van der Waals surface area contributed by atoms with E-state index in [0.29, 0.717) is 12.0 Å². The highest BCUT2D eigenvalue weighted by atomic mass is 15.1. The number of aromatic nitrogens is 2. The highest BCUT2D eigenvalue weighted by Gasteiger charge is 2.25. The summed E-state index contributed by atoms with van der Waals surface area (Å²) in [7, 11) is 0. The third-order valence-corrected chi connectivity index (χ3v) is 13.1. The minimum atomic E-state index is 0.615. The Labute approximate surface area is 348 Å². The van der Waals surface area contributed by atoms with E-state index in [1.165, 1.54) is 283 Å². The first-order valence-corrected chi connectivity index (χ1v) is 26.3. The summed E-state index contributed by atoms with van der Waals surface area (Å²) in [4.78, 5) is 3.80. The molecule has 0 saturated heterocycles. The van der Waals surface area contributed by atoms with Gasteiger partial charge in [0.05, 0.1) is 12.0 Å². The number of H-pyrrole nitrogens is 1. The van der Waals surface area contributed by atoms with Crippen molar-refractivity contribution in [2.24, 2.45) is 0 Å². The van der Waals surface area contributed by atoms with Gasteiger partial charge in [-0.2, -0.15) is 0 Å². The van der Waals surface area contributed by atoms with Crippen LogP contribution in [0, 0.1) is 0 Å². The normalized spacial score (nSPS) is 12.9. The summed E-state index contributed by atoms with van der Waals surface area (Å²) >= 11 is 0. The SMILES string of the molecule is CCCCCCCCCCCCCCCCCCC(CCCCCCCCCCCCCC)c1[nH]cc[n+]1C(C)CCCCCCCCCCCCCCC. The first-order chi connectivity index (χ1) is 27.2. The number of nitrogens with zero attached hydrogens (tertiary/aromatic N) is 1. The maximum Gasteiger partial charge on any atom is 0.257 e. The lowest BCUT2D eigenvalue weighted by molar-refractivity contribution is -0.727. The molecule has 1 aromatic rings. The van der Waals surface area contributed by atoms with E-state index in [9.17, 15) is 0 Å². The van der Waals surface area contributed by atoms with Gasteiger partial charge in [-0.3, -0.25) is 0 Å². The molecular weight excluding hydrogens is 665 g/mol. The summed E-state index contributed by atoms with van der Waals surface area (Å²) in [5, 5.41) is 0. The lowest BCUT2D eigenvalue weighted by atomic mass is 9.92. The van der Waals surface area contributed by atoms with Crippen LogP contribution in [0.2, 0.25) is 0 Å². The standard InChI is InChI=1S/C53H104N2/c1-5-8-11-14-17-20-23-26-27-28-30-33-36-39-42-45-48-52(47-44-41-38-35-32-25-22-19-16-13-10-7-3)53-54-49-50-55(53)51(4)46-43-40-37-34-31-29-24-21-18-15-12-9-6-2/h49-52H,5-48H2,1-4H3/p+1. The number of hydrogen-bond acceptors (Lipinski definition) is 0. The molecule has 0 spiro atoms. The molecule has 0 aliphatic heterocycles. The lowest BCUT2D eigenvalue weighted by Gasteiger charge is -2.17. The van der Waals surface area contributed by atoms with E-state index >= 15 is 0 Å². The summed E-state index contributed by atoms with van der Waals surface area (Å²) in [6.07, 6.45) is 68.1. The summed E-state index contributed by atoms with van der Waals surface area (Å²) in [5.41, 5.74) is 0. The summed E-state index contributed by atoms with van der Waals surface area (Å²) in [5.74, 6) is 2.25. The zero-order chi connectivity index (χ0) is 39.5. The number of aromatic amines is 1. The Morgan fingerprint density at radius 3 is 0.855 bits per heavy atom. The Morgan fingerprint density at radius 2 is 0.582 bits per heavy atom. The predicted octanol–water partition coefficient (Wildman–Crippen LogP) is 19.2. The number of hydrogen-bond donors (Lipinski definition) is 1. The average molecular weight is 770 g/mol.